The smallest absolute Gasteiger partial charge is 0.133 e. The molecule has 2 unspecified atom stereocenters. The van der Waals surface area contributed by atoms with Gasteiger partial charge in [-0.3, -0.25) is 0 Å². The molecule has 106 valence electrons. The third-order valence-corrected chi connectivity index (χ3v) is 4.05. The maximum Gasteiger partial charge on any atom is 0.133 e. The number of nitrogens with two attached hydrogens (primary N) is 1. The van der Waals surface area contributed by atoms with Crippen LogP contribution >= 0.6 is 15.9 Å². The topological polar surface area (TPSA) is 44.5 Å². The summed E-state index contributed by atoms with van der Waals surface area (Å²) in [6.45, 7) is 6.17. The lowest BCUT2D eigenvalue weighted by atomic mass is 10.0. The maximum atomic E-state index is 6.09. The average Bonchev–Trinajstić information content (AvgIpc) is 2.30. The molecule has 0 aliphatic carbocycles. The van der Waals surface area contributed by atoms with E-state index in [0.29, 0.717) is 0 Å². The minimum absolute atomic E-state index is 0.0356. The van der Waals surface area contributed by atoms with E-state index in [1.165, 1.54) is 0 Å². The number of hydrogen-bond acceptors (Lipinski definition) is 3. The van der Waals surface area contributed by atoms with E-state index >= 15 is 0 Å². The molecule has 1 aromatic carbocycles. The van der Waals surface area contributed by atoms with Gasteiger partial charge in [0, 0.05) is 18.9 Å². The van der Waals surface area contributed by atoms with Crippen LogP contribution in [0.2, 0.25) is 0 Å². The highest BCUT2D eigenvalue weighted by atomic mass is 79.9. The second-order valence-corrected chi connectivity index (χ2v) is 6.30. The van der Waals surface area contributed by atoms with E-state index in [-0.39, 0.29) is 24.4 Å². The first-order valence-corrected chi connectivity index (χ1v) is 7.62. The molecule has 1 heterocycles. The molecule has 2 N–H and O–H groups in total. The van der Waals surface area contributed by atoms with Gasteiger partial charge < -0.3 is 15.2 Å². The normalized spacial score (nSPS) is 29.0. The molecule has 4 heteroatoms. The summed E-state index contributed by atoms with van der Waals surface area (Å²) in [5, 5.41) is 0. The lowest BCUT2D eigenvalue weighted by molar-refractivity contribution is -0.0722. The van der Waals surface area contributed by atoms with E-state index in [0.717, 1.165) is 28.6 Å². The zero-order valence-corrected chi connectivity index (χ0v) is 13.3. The molecule has 1 saturated heterocycles. The monoisotopic (exact) mass is 327 g/mol. The minimum atomic E-state index is 0.0356. The molecule has 1 aromatic rings. The third-order valence-electron chi connectivity index (χ3n) is 3.43. The van der Waals surface area contributed by atoms with E-state index in [1.807, 2.05) is 25.1 Å². The van der Waals surface area contributed by atoms with E-state index in [2.05, 4.69) is 29.8 Å². The lowest BCUT2D eigenvalue weighted by Crippen LogP contribution is -2.35. The highest BCUT2D eigenvalue weighted by Gasteiger charge is 2.26. The average molecular weight is 328 g/mol. The molecule has 0 bridgehead atoms. The van der Waals surface area contributed by atoms with Gasteiger partial charge in [-0.2, -0.15) is 0 Å². The molecule has 1 fully saturated rings. The highest BCUT2D eigenvalue weighted by Crippen LogP contribution is 2.31. The van der Waals surface area contributed by atoms with Crippen LogP contribution in [0.25, 0.3) is 0 Å². The van der Waals surface area contributed by atoms with E-state index in [4.69, 9.17) is 15.2 Å². The van der Waals surface area contributed by atoms with Crippen molar-refractivity contribution in [3.8, 4) is 5.75 Å². The summed E-state index contributed by atoms with van der Waals surface area (Å²) in [4.78, 5) is 0. The third kappa shape index (κ3) is 3.94. The van der Waals surface area contributed by atoms with Gasteiger partial charge in [0.2, 0.25) is 0 Å². The Labute approximate surface area is 123 Å². The van der Waals surface area contributed by atoms with Gasteiger partial charge in [-0.25, -0.2) is 0 Å². The first-order valence-electron chi connectivity index (χ1n) is 6.83. The van der Waals surface area contributed by atoms with Crippen LogP contribution in [0.1, 0.15) is 45.2 Å². The quantitative estimate of drug-likeness (QED) is 0.918. The maximum absolute atomic E-state index is 6.09. The number of hydrogen-bond donors (Lipinski definition) is 1. The van der Waals surface area contributed by atoms with Gasteiger partial charge >= 0.3 is 0 Å². The van der Waals surface area contributed by atoms with Crippen LogP contribution in [-0.2, 0) is 4.74 Å². The summed E-state index contributed by atoms with van der Waals surface area (Å²) in [6.07, 6.45) is 2.61. The number of halogens is 1. The fraction of sp³-hybridized carbons (Fsp3) is 0.600. The number of ether oxygens (including phenoxy) is 2. The van der Waals surface area contributed by atoms with Crippen LogP contribution < -0.4 is 10.5 Å². The Morgan fingerprint density at radius 2 is 1.95 bits per heavy atom. The fourth-order valence-corrected chi connectivity index (χ4v) is 3.01. The second kappa shape index (κ2) is 6.25. The Hall–Kier alpha value is -0.580. The van der Waals surface area contributed by atoms with E-state index in [9.17, 15) is 0 Å². The first kappa shape index (κ1) is 14.8. The summed E-state index contributed by atoms with van der Waals surface area (Å²) in [6, 6.07) is 6.09. The van der Waals surface area contributed by atoms with Crippen LogP contribution in [0.3, 0.4) is 0 Å². The van der Waals surface area contributed by atoms with Crippen LogP contribution in [0, 0.1) is 0 Å². The minimum Gasteiger partial charge on any atom is -0.489 e. The Morgan fingerprint density at radius 3 is 2.47 bits per heavy atom. The molecule has 2 rings (SSSR count). The van der Waals surface area contributed by atoms with Gasteiger partial charge in [-0.05, 0) is 54.4 Å². The molecule has 0 aromatic heterocycles. The van der Waals surface area contributed by atoms with Crippen molar-refractivity contribution in [1.29, 1.82) is 0 Å². The molecule has 3 nitrogen and oxygen atoms in total. The van der Waals surface area contributed by atoms with Crippen molar-refractivity contribution in [2.75, 3.05) is 0 Å². The molecular formula is C15H22BrNO2. The predicted octanol–water partition coefficient (Wildman–Crippen LogP) is 3.80. The SMILES string of the molecule is CC1CC(Oc2ccc([C@H](C)N)cc2Br)CC(C)O1. The Morgan fingerprint density at radius 1 is 1.32 bits per heavy atom. The Kier molecular flexibility index (Phi) is 4.87. The van der Waals surface area contributed by atoms with Gasteiger partial charge in [0.25, 0.3) is 0 Å². The first-order chi connectivity index (χ1) is 8.95. The Balaban J connectivity index is 2.06. The van der Waals surface area contributed by atoms with Crippen molar-refractivity contribution in [3.63, 3.8) is 0 Å². The molecular weight excluding hydrogens is 306 g/mol. The zero-order chi connectivity index (χ0) is 14.0. The molecule has 19 heavy (non-hydrogen) atoms. The van der Waals surface area contributed by atoms with E-state index < -0.39 is 0 Å². The summed E-state index contributed by atoms with van der Waals surface area (Å²) >= 11 is 3.56. The largest absolute Gasteiger partial charge is 0.489 e. The van der Waals surface area contributed by atoms with Gasteiger partial charge in [0.15, 0.2) is 0 Å². The van der Waals surface area contributed by atoms with Crippen molar-refractivity contribution in [2.45, 2.75) is 58.0 Å². The molecule has 1 aliphatic rings. The predicted molar refractivity (Wildman–Crippen MR) is 80.4 cm³/mol. The molecule has 0 radical (unpaired) electrons. The number of rotatable bonds is 3. The van der Waals surface area contributed by atoms with Crippen molar-refractivity contribution in [2.24, 2.45) is 5.73 Å². The Bertz CT molecular complexity index is 426. The van der Waals surface area contributed by atoms with Crippen LogP contribution in [0.4, 0.5) is 0 Å². The van der Waals surface area contributed by atoms with E-state index in [1.54, 1.807) is 0 Å². The summed E-state index contributed by atoms with van der Waals surface area (Å²) < 4.78 is 12.8. The second-order valence-electron chi connectivity index (χ2n) is 5.45. The molecule has 3 atom stereocenters. The highest BCUT2D eigenvalue weighted by molar-refractivity contribution is 9.10. The van der Waals surface area contributed by atoms with Crippen LogP contribution in [0.15, 0.2) is 22.7 Å². The van der Waals surface area contributed by atoms with Crippen molar-refractivity contribution in [3.05, 3.63) is 28.2 Å². The molecule has 0 spiro atoms. The molecule has 0 amide bonds. The van der Waals surface area contributed by atoms with Gasteiger partial charge in [-0.1, -0.05) is 6.07 Å². The molecule has 1 aliphatic heterocycles. The summed E-state index contributed by atoms with van der Waals surface area (Å²) in [7, 11) is 0. The summed E-state index contributed by atoms with van der Waals surface area (Å²) in [5.41, 5.74) is 6.98. The van der Waals surface area contributed by atoms with Crippen molar-refractivity contribution < 1.29 is 9.47 Å². The summed E-state index contributed by atoms with van der Waals surface area (Å²) in [5.74, 6) is 0.885. The van der Waals surface area contributed by atoms with Crippen LogP contribution in [0.5, 0.6) is 5.75 Å². The zero-order valence-electron chi connectivity index (χ0n) is 11.7. The van der Waals surface area contributed by atoms with Crippen molar-refractivity contribution >= 4 is 15.9 Å². The molecule has 0 saturated carbocycles. The lowest BCUT2D eigenvalue weighted by Gasteiger charge is -2.32. The van der Waals surface area contributed by atoms with Crippen molar-refractivity contribution in [1.82, 2.24) is 0 Å². The van der Waals surface area contributed by atoms with Gasteiger partial charge in [0.1, 0.15) is 11.9 Å². The standard InChI is InChI=1S/C15H22BrNO2/c1-9-6-13(7-10(2)18-9)19-15-5-4-12(11(3)17)8-14(15)16/h4-5,8-11,13H,6-7,17H2,1-3H3/t9?,10?,11-,13?/m0/s1. The fourth-order valence-electron chi connectivity index (χ4n) is 2.52. The number of benzene rings is 1. The van der Waals surface area contributed by atoms with Gasteiger partial charge in [0.05, 0.1) is 16.7 Å². The van der Waals surface area contributed by atoms with Gasteiger partial charge in [-0.15, -0.1) is 0 Å². The van der Waals surface area contributed by atoms with Crippen LogP contribution in [-0.4, -0.2) is 18.3 Å².